The number of carbonyl (C=O) groups is 4. The van der Waals surface area contributed by atoms with Crippen LogP contribution in [0.1, 0.15) is 40.0 Å². The third kappa shape index (κ3) is 2.39. The number of nitrogens with one attached hydrogen (secondary N) is 1. The van der Waals surface area contributed by atoms with Crippen molar-refractivity contribution in [2.24, 2.45) is 0 Å². The molecule has 1 aromatic rings. The quantitative estimate of drug-likeness (QED) is 0.663. The Morgan fingerprint density at radius 3 is 2.50 bits per heavy atom. The predicted octanol–water partition coefficient (Wildman–Crippen LogP) is -0.699. The number of benzene rings is 1. The van der Waals surface area contributed by atoms with Gasteiger partial charge >= 0.3 is 0 Å². The zero-order valence-electron chi connectivity index (χ0n) is 15.1. The van der Waals surface area contributed by atoms with Gasteiger partial charge in [0.25, 0.3) is 11.8 Å². The number of aliphatic hydroxyl groups excluding tert-OH is 1. The van der Waals surface area contributed by atoms with E-state index in [1.165, 1.54) is 0 Å². The molecule has 4 aliphatic rings. The van der Waals surface area contributed by atoms with Crippen molar-refractivity contribution in [3.63, 3.8) is 0 Å². The summed E-state index contributed by atoms with van der Waals surface area (Å²) < 4.78 is 0. The fourth-order valence-corrected chi connectivity index (χ4v) is 4.88. The predicted molar refractivity (Wildman–Crippen MR) is 96.4 cm³/mol. The number of amides is 4. The van der Waals surface area contributed by atoms with E-state index >= 15 is 0 Å². The van der Waals surface area contributed by atoms with Gasteiger partial charge in [0, 0.05) is 37.3 Å². The van der Waals surface area contributed by atoms with Gasteiger partial charge in [-0.3, -0.25) is 34.3 Å². The molecule has 28 heavy (non-hydrogen) atoms. The molecule has 9 heteroatoms. The number of aliphatic hydroxyl groups is 1. The summed E-state index contributed by atoms with van der Waals surface area (Å²) >= 11 is 0. The number of rotatable bonds is 3. The number of likely N-dealkylation sites (tertiary alicyclic amines) is 1. The molecule has 4 aliphatic heterocycles. The molecule has 0 aliphatic carbocycles. The Bertz CT molecular complexity index is 916. The van der Waals surface area contributed by atoms with E-state index in [0.717, 1.165) is 30.1 Å². The largest absolute Gasteiger partial charge is 0.381 e. The van der Waals surface area contributed by atoms with Crippen LogP contribution in [0.4, 0.5) is 5.69 Å². The topological polar surface area (TPSA) is 110 Å². The molecular weight excluding hydrogens is 364 g/mol. The van der Waals surface area contributed by atoms with Crippen LogP contribution < -0.4 is 10.2 Å². The first-order valence-electron chi connectivity index (χ1n) is 9.45. The molecule has 146 valence electrons. The minimum atomic E-state index is -0.950. The van der Waals surface area contributed by atoms with Crippen LogP contribution in [0.2, 0.25) is 0 Å². The number of piperidine rings is 1. The average molecular weight is 384 g/mol. The van der Waals surface area contributed by atoms with Crippen LogP contribution in [0.25, 0.3) is 0 Å². The van der Waals surface area contributed by atoms with E-state index in [-0.39, 0.29) is 31.5 Å². The van der Waals surface area contributed by atoms with Gasteiger partial charge in [-0.05, 0) is 31.0 Å². The second-order valence-corrected chi connectivity index (χ2v) is 7.79. The molecule has 3 fully saturated rings. The smallest absolute Gasteiger partial charge is 0.262 e. The molecule has 1 unspecified atom stereocenters. The summed E-state index contributed by atoms with van der Waals surface area (Å²) in [6.45, 7) is 1.59. The highest BCUT2D eigenvalue weighted by Crippen LogP contribution is 2.37. The van der Waals surface area contributed by atoms with Gasteiger partial charge in [-0.15, -0.1) is 0 Å². The number of fused-ring (bicyclic) bond motifs is 3. The molecule has 0 saturated carbocycles. The monoisotopic (exact) mass is 384 g/mol. The molecule has 2 N–H and O–H groups in total. The van der Waals surface area contributed by atoms with E-state index in [2.05, 4.69) is 10.2 Å². The number of piperazine rings is 1. The van der Waals surface area contributed by atoms with E-state index < -0.39 is 23.8 Å². The Hall–Kier alpha value is -2.78. The normalized spacial score (nSPS) is 29.7. The molecule has 2 bridgehead atoms. The maximum Gasteiger partial charge on any atom is 0.262 e. The third-order valence-electron chi connectivity index (χ3n) is 6.29. The van der Waals surface area contributed by atoms with Crippen LogP contribution in [0.3, 0.4) is 0 Å². The summed E-state index contributed by atoms with van der Waals surface area (Å²) in [5, 5.41) is 11.6. The minimum Gasteiger partial charge on any atom is -0.381 e. The Balaban J connectivity index is 1.41. The fraction of sp³-hybridized carbons (Fsp3) is 0.474. The van der Waals surface area contributed by atoms with Crippen molar-refractivity contribution in [3.05, 3.63) is 29.3 Å². The lowest BCUT2D eigenvalue weighted by molar-refractivity contribution is -0.136. The lowest BCUT2D eigenvalue weighted by atomic mass is 10.0. The average Bonchev–Trinajstić information content (AvgIpc) is 3.35. The second-order valence-electron chi connectivity index (χ2n) is 7.79. The number of nitrogens with zero attached hydrogens (tertiary/aromatic N) is 3. The molecular formula is C19H20N4O5. The number of hydrogen-bond acceptors (Lipinski definition) is 7. The van der Waals surface area contributed by atoms with Crippen molar-refractivity contribution >= 4 is 29.3 Å². The highest BCUT2D eigenvalue weighted by molar-refractivity contribution is 6.23. The zero-order valence-corrected chi connectivity index (χ0v) is 15.1. The van der Waals surface area contributed by atoms with E-state index in [1.807, 2.05) is 11.0 Å². The van der Waals surface area contributed by atoms with Crippen LogP contribution in [-0.2, 0) is 9.59 Å². The van der Waals surface area contributed by atoms with Gasteiger partial charge in [0.2, 0.25) is 11.8 Å². The SMILES string of the molecule is O=C1CCC(N2C(=O)c3ccc(N4C[C@@H]5C[C@H]4CN5CO)cc3C2=O)C(=O)N1. The molecule has 4 amide bonds. The summed E-state index contributed by atoms with van der Waals surface area (Å²) in [5.74, 6) is -1.97. The molecule has 9 nitrogen and oxygen atoms in total. The van der Waals surface area contributed by atoms with Gasteiger partial charge in [0.1, 0.15) is 6.04 Å². The van der Waals surface area contributed by atoms with Gasteiger partial charge in [0.15, 0.2) is 0 Å². The highest BCUT2D eigenvalue weighted by atomic mass is 16.3. The maximum absolute atomic E-state index is 12.9. The van der Waals surface area contributed by atoms with Crippen LogP contribution in [-0.4, -0.2) is 76.5 Å². The lowest BCUT2D eigenvalue weighted by Gasteiger charge is -2.34. The number of imide groups is 2. The molecule has 4 heterocycles. The van der Waals surface area contributed by atoms with Crippen molar-refractivity contribution in [2.75, 3.05) is 24.7 Å². The van der Waals surface area contributed by atoms with Gasteiger partial charge in [0.05, 0.1) is 17.9 Å². The zero-order chi connectivity index (χ0) is 19.6. The third-order valence-corrected chi connectivity index (χ3v) is 6.29. The van der Waals surface area contributed by atoms with Crippen LogP contribution in [0.5, 0.6) is 0 Å². The molecule has 3 atom stereocenters. The van der Waals surface area contributed by atoms with E-state index in [4.69, 9.17) is 0 Å². The second kappa shape index (κ2) is 6.11. The highest BCUT2D eigenvalue weighted by Gasteiger charge is 2.46. The molecule has 0 radical (unpaired) electrons. The van der Waals surface area contributed by atoms with Crippen LogP contribution in [0, 0.1) is 0 Å². The number of hydrogen-bond donors (Lipinski definition) is 2. The van der Waals surface area contributed by atoms with Crippen molar-refractivity contribution < 1.29 is 24.3 Å². The number of anilines is 1. The van der Waals surface area contributed by atoms with Crippen molar-refractivity contribution in [1.82, 2.24) is 15.1 Å². The van der Waals surface area contributed by atoms with E-state index in [1.54, 1.807) is 12.1 Å². The Morgan fingerprint density at radius 1 is 1.04 bits per heavy atom. The summed E-state index contributed by atoms with van der Waals surface area (Å²) in [4.78, 5) is 54.5. The summed E-state index contributed by atoms with van der Waals surface area (Å²) in [5.41, 5.74) is 1.46. The lowest BCUT2D eigenvalue weighted by Crippen LogP contribution is -2.54. The Morgan fingerprint density at radius 2 is 1.82 bits per heavy atom. The number of carbonyl (C=O) groups excluding carboxylic acids is 4. The summed E-state index contributed by atoms with van der Waals surface area (Å²) in [6.07, 6.45) is 1.22. The van der Waals surface area contributed by atoms with Crippen molar-refractivity contribution in [2.45, 2.75) is 37.4 Å². The first kappa shape index (κ1) is 17.3. The molecule has 0 aromatic heterocycles. The van der Waals surface area contributed by atoms with Crippen molar-refractivity contribution in [1.29, 1.82) is 0 Å². The Labute approximate surface area is 160 Å². The molecule has 1 aromatic carbocycles. The fourth-order valence-electron chi connectivity index (χ4n) is 4.88. The van der Waals surface area contributed by atoms with E-state index in [0.29, 0.717) is 17.2 Å². The first-order valence-corrected chi connectivity index (χ1v) is 9.45. The Kier molecular flexibility index (Phi) is 3.78. The van der Waals surface area contributed by atoms with Gasteiger partial charge in [-0.25, -0.2) is 0 Å². The molecule has 0 spiro atoms. The van der Waals surface area contributed by atoms with Crippen molar-refractivity contribution in [3.8, 4) is 0 Å². The molecule has 3 saturated heterocycles. The summed E-state index contributed by atoms with van der Waals surface area (Å²) in [6, 6.07) is 4.82. The van der Waals surface area contributed by atoms with Gasteiger partial charge < -0.3 is 10.0 Å². The first-order chi connectivity index (χ1) is 13.5. The van der Waals surface area contributed by atoms with E-state index in [9.17, 15) is 24.3 Å². The maximum atomic E-state index is 12.9. The van der Waals surface area contributed by atoms with Gasteiger partial charge in [-0.1, -0.05) is 0 Å². The standard InChI is InChI=1S/C19H20N4O5/c24-9-21-7-12-5-11(21)8-22(12)10-1-2-13-14(6-10)19(28)23(18(13)27)15-3-4-16(25)20-17(15)26/h1-2,6,11-12,15,24H,3-5,7-9H2,(H,20,25,26)/t11-,12-,15?/m0/s1. The van der Waals surface area contributed by atoms with Crippen LogP contribution in [0.15, 0.2) is 18.2 Å². The molecule has 5 rings (SSSR count). The van der Waals surface area contributed by atoms with Crippen LogP contribution >= 0.6 is 0 Å². The van der Waals surface area contributed by atoms with Gasteiger partial charge in [-0.2, -0.15) is 0 Å². The minimum absolute atomic E-state index is 0.0487. The summed E-state index contributed by atoms with van der Waals surface area (Å²) in [7, 11) is 0.